The van der Waals surface area contributed by atoms with Gasteiger partial charge in [0.05, 0.1) is 11.9 Å². The van der Waals surface area contributed by atoms with Gasteiger partial charge in [-0.3, -0.25) is 4.79 Å². The lowest BCUT2D eigenvalue weighted by molar-refractivity contribution is -0.119. The molecule has 0 atom stereocenters. The number of nitrogens with two attached hydrogens (primary N) is 1. The predicted molar refractivity (Wildman–Crippen MR) is 67.8 cm³/mol. The van der Waals surface area contributed by atoms with Crippen LogP contribution in [0.4, 0.5) is 5.69 Å². The Morgan fingerprint density at radius 2 is 2.11 bits per heavy atom. The van der Waals surface area contributed by atoms with Gasteiger partial charge in [0, 0.05) is 19.3 Å². The monoisotopic (exact) mass is 245 g/mol. The minimum absolute atomic E-state index is 0.0605. The number of hydrogen-bond donors (Lipinski definition) is 1. The van der Waals surface area contributed by atoms with E-state index in [4.69, 9.17) is 5.73 Å². The van der Waals surface area contributed by atoms with Crippen LogP contribution in [-0.4, -0.2) is 27.9 Å². The molecule has 2 N–H and O–H groups in total. The van der Waals surface area contributed by atoms with Crippen molar-refractivity contribution in [3.05, 3.63) is 42.2 Å². The number of para-hydroxylation sites is 1. The molecule has 0 aliphatic heterocycles. The first-order valence-corrected chi connectivity index (χ1v) is 5.61. The van der Waals surface area contributed by atoms with Crippen LogP contribution in [0.2, 0.25) is 0 Å². The summed E-state index contributed by atoms with van der Waals surface area (Å²) in [6.45, 7) is 0.473. The maximum absolute atomic E-state index is 12.0. The molecule has 1 heterocycles. The second kappa shape index (κ2) is 5.42. The molecule has 0 aliphatic rings. The molecule has 2 aromatic rings. The topological polar surface area (TPSA) is 77.0 Å². The highest BCUT2D eigenvalue weighted by atomic mass is 16.2. The molecule has 0 aliphatic carbocycles. The van der Waals surface area contributed by atoms with Crippen LogP contribution in [-0.2, 0) is 17.9 Å². The Balaban J connectivity index is 2.04. The molecule has 2 rings (SSSR count). The van der Waals surface area contributed by atoms with Gasteiger partial charge in [-0.1, -0.05) is 23.4 Å². The zero-order valence-electron chi connectivity index (χ0n) is 10.2. The summed E-state index contributed by atoms with van der Waals surface area (Å²) in [6.07, 6.45) is 1.68. The summed E-state index contributed by atoms with van der Waals surface area (Å²) in [6, 6.07) is 9.45. The molecule has 6 heteroatoms. The molecule has 94 valence electrons. The molecule has 0 radical (unpaired) electrons. The second-order valence-corrected chi connectivity index (χ2v) is 3.90. The first-order valence-electron chi connectivity index (χ1n) is 5.61. The Kier molecular flexibility index (Phi) is 3.69. The molecule has 0 fully saturated rings. The van der Waals surface area contributed by atoms with Crippen LogP contribution >= 0.6 is 0 Å². The maximum Gasteiger partial charge on any atom is 0.248 e. The Bertz CT molecular complexity index is 522. The van der Waals surface area contributed by atoms with Crippen LogP contribution in [0.5, 0.6) is 0 Å². The van der Waals surface area contributed by atoms with E-state index in [2.05, 4.69) is 10.3 Å². The maximum atomic E-state index is 12.0. The van der Waals surface area contributed by atoms with E-state index in [-0.39, 0.29) is 12.5 Å². The van der Waals surface area contributed by atoms with Crippen LogP contribution in [0.25, 0.3) is 0 Å². The highest BCUT2D eigenvalue weighted by molar-refractivity contribution is 5.92. The summed E-state index contributed by atoms with van der Waals surface area (Å²) in [7, 11) is 1.73. The predicted octanol–water partition coefficient (Wildman–Crippen LogP) is 0.400. The number of likely N-dealkylation sites (N-methyl/N-ethyl adjacent to an activating group) is 1. The number of nitrogens with zero attached hydrogens (tertiary/aromatic N) is 4. The van der Waals surface area contributed by atoms with Crippen molar-refractivity contribution in [3.8, 4) is 0 Å². The number of anilines is 1. The number of hydrogen-bond acceptors (Lipinski definition) is 4. The molecular formula is C12H15N5O. The Labute approximate surface area is 105 Å². The van der Waals surface area contributed by atoms with E-state index in [9.17, 15) is 4.79 Å². The van der Waals surface area contributed by atoms with Crippen LogP contribution in [0.1, 0.15) is 5.69 Å². The van der Waals surface area contributed by atoms with Gasteiger partial charge >= 0.3 is 0 Å². The van der Waals surface area contributed by atoms with Crippen molar-refractivity contribution in [1.29, 1.82) is 0 Å². The SMILES string of the molecule is CN(C(=O)Cn1cc(CN)nn1)c1ccccc1. The summed E-state index contributed by atoms with van der Waals surface area (Å²) in [4.78, 5) is 13.6. The summed E-state index contributed by atoms with van der Waals surface area (Å²) in [5, 5.41) is 7.68. The Morgan fingerprint density at radius 1 is 1.39 bits per heavy atom. The van der Waals surface area contributed by atoms with Crippen molar-refractivity contribution >= 4 is 11.6 Å². The van der Waals surface area contributed by atoms with E-state index >= 15 is 0 Å². The number of rotatable bonds is 4. The average molecular weight is 245 g/mol. The fourth-order valence-corrected chi connectivity index (χ4v) is 1.55. The zero-order chi connectivity index (χ0) is 13.0. The molecular weight excluding hydrogens is 230 g/mol. The third kappa shape index (κ3) is 2.72. The number of carbonyl (C=O) groups is 1. The van der Waals surface area contributed by atoms with Crippen molar-refractivity contribution in [3.63, 3.8) is 0 Å². The molecule has 0 saturated heterocycles. The standard InChI is InChI=1S/C12H15N5O/c1-16(11-5-3-2-4-6-11)12(18)9-17-8-10(7-13)14-15-17/h2-6,8H,7,9,13H2,1H3. The molecule has 0 saturated carbocycles. The molecule has 0 unspecified atom stereocenters. The molecule has 1 aromatic carbocycles. The van der Waals surface area contributed by atoms with E-state index in [1.807, 2.05) is 30.3 Å². The fraction of sp³-hybridized carbons (Fsp3) is 0.250. The van der Waals surface area contributed by atoms with Gasteiger partial charge in [-0.2, -0.15) is 0 Å². The van der Waals surface area contributed by atoms with Crippen LogP contribution < -0.4 is 10.6 Å². The lowest BCUT2D eigenvalue weighted by Gasteiger charge is -2.16. The van der Waals surface area contributed by atoms with Gasteiger partial charge in [-0.15, -0.1) is 5.10 Å². The summed E-state index contributed by atoms with van der Waals surface area (Å²) in [5.74, 6) is -0.0605. The third-order valence-electron chi connectivity index (χ3n) is 2.61. The van der Waals surface area contributed by atoms with Crippen molar-refractivity contribution in [2.45, 2.75) is 13.1 Å². The van der Waals surface area contributed by atoms with Gasteiger partial charge in [0.2, 0.25) is 5.91 Å². The van der Waals surface area contributed by atoms with Crippen LogP contribution in [0, 0.1) is 0 Å². The molecule has 6 nitrogen and oxygen atoms in total. The number of amides is 1. The second-order valence-electron chi connectivity index (χ2n) is 3.90. The van der Waals surface area contributed by atoms with Crippen molar-refractivity contribution in [2.24, 2.45) is 5.73 Å². The van der Waals surface area contributed by atoms with Gasteiger partial charge in [-0.05, 0) is 12.1 Å². The van der Waals surface area contributed by atoms with Gasteiger partial charge in [0.1, 0.15) is 6.54 Å². The minimum Gasteiger partial charge on any atom is -0.325 e. The third-order valence-corrected chi connectivity index (χ3v) is 2.61. The smallest absolute Gasteiger partial charge is 0.248 e. The largest absolute Gasteiger partial charge is 0.325 e. The average Bonchev–Trinajstić information content (AvgIpc) is 2.86. The Hall–Kier alpha value is -2.21. The molecule has 1 amide bonds. The lowest BCUT2D eigenvalue weighted by atomic mass is 10.3. The molecule has 18 heavy (non-hydrogen) atoms. The van der Waals surface area contributed by atoms with Crippen molar-refractivity contribution < 1.29 is 4.79 Å². The van der Waals surface area contributed by atoms with Crippen LogP contribution in [0.3, 0.4) is 0 Å². The van der Waals surface area contributed by atoms with E-state index in [1.165, 1.54) is 4.68 Å². The van der Waals surface area contributed by atoms with Gasteiger partial charge < -0.3 is 10.6 Å². The van der Waals surface area contributed by atoms with Gasteiger partial charge in [-0.25, -0.2) is 4.68 Å². The number of carbonyl (C=O) groups excluding carboxylic acids is 1. The number of benzene rings is 1. The van der Waals surface area contributed by atoms with E-state index in [0.29, 0.717) is 12.2 Å². The zero-order valence-corrected chi connectivity index (χ0v) is 10.2. The van der Waals surface area contributed by atoms with E-state index in [1.54, 1.807) is 18.1 Å². The first-order chi connectivity index (χ1) is 8.70. The highest BCUT2D eigenvalue weighted by Crippen LogP contribution is 2.11. The van der Waals surface area contributed by atoms with Crippen molar-refractivity contribution in [2.75, 3.05) is 11.9 Å². The van der Waals surface area contributed by atoms with E-state index in [0.717, 1.165) is 5.69 Å². The molecule has 0 spiro atoms. The highest BCUT2D eigenvalue weighted by Gasteiger charge is 2.12. The van der Waals surface area contributed by atoms with E-state index < -0.39 is 0 Å². The summed E-state index contributed by atoms with van der Waals surface area (Å²) in [5.41, 5.74) is 6.95. The Morgan fingerprint density at radius 3 is 2.72 bits per heavy atom. The lowest BCUT2D eigenvalue weighted by Crippen LogP contribution is -2.30. The molecule has 0 bridgehead atoms. The molecule has 1 aromatic heterocycles. The van der Waals surface area contributed by atoms with Gasteiger partial charge in [0.15, 0.2) is 0 Å². The normalized spacial score (nSPS) is 10.3. The first kappa shape index (κ1) is 12.3. The van der Waals surface area contributed by atoms with Gasteiger partial charge in [0.25, 0.3) is 0 Å². The summed E-state index contributed by atoms with van der Waals surface area (Å²) >= 11 is 0. The number of aromatic nitrogens is 3. The minimum atomic E-state index is -0.0605. The quantitative estimate of drug-likeness (QED) is 0.845. The van der Waals surface area contributed by atoms with Crippen LogP contribution in [0.15, 0.2) is 36.5 Å². The summed E-state index contributed by atoms with van der Waals surface area (Å²) < 4.78 is 1.49. The fourth-order valence-electron chi connectivity index (χ4n) is 1.55. The van der Waals surface area contributed by atoms with Crippen molar-refractivity contribution in [1.82, 2.24) is 15.0 Å².